The van der Waals surface area contributed by atoms with Gasteiger partial charge in [-0.1, -0.05) is 229 Å². The summed E-state index contributed by atoms with van der Waals surface area (Å²) in [7, 11) is 0. The molecule has 0 aliphatic rings. The van der Waals surface area contributed by atoms with Gasteiger partial charge < -0.3 is 14.2 Å². The predicted molar refractivity (Wildman–Crippen MR) is 270 cm³/mol. The zero-order valence-electron chi connectivity index (χ0n) is 41.4. The van der Waals surface area contributed by atoms with Crippen LogP contribution in [-0.2, 0) is 23.8 Å². The van der Waals surface area contributed by atoms with Gasteiger partial charge in [0.25, 0.3) is 0 Å². The van der Waals surface area contributed by atoms with Crippen LogP contribution >= 0.6 is 0 Å². The van der Waals surface area contributed by atoms with Crippen LogP contribution in [0.4, 0.5) is 0 Å². The van der Waals surface area contributed by atoms with Crippen molar-refractivity contribution in [2.24, 2.45) is 0 Å². The van der Waals surface area contributed by atoms with Crippen LogP contribution in [0.5, 0.6) is 0 Å². The number of ether oxygens (including phenoxy) is 3. The average molecular weight is 867 g/mol. The molecule has 0 bridgehead atoms. The van der Waals surface area contributed by atoms with Crippen LogP contribution in [0.15, 0.2) is 60.8 Å². The van der Waals surface area contributed by atoms with Crippen LogP contribution < -0.4 is 0 Å². The third-order valence-corrected chi connectivity index (χ3v) is 11.5. The minimum absolute atomic E-state index is 0.0681. The monoisotopic (exact) mass is 867 g/mol. The van der Waals surface area contributed by atoms with Crippen LogP contribution in [0, 0.1) is 0 Å². The van der Waals surface area contributed by atoms with Gasteiger partial charge >= 0.3 is 11.9 Å². The molecule has 0 saturated heterocycles. The second-order valence-electron chi connectivity index (χ2n) is 17.8. The van der Waals surface area contributed by atoms with E-state index >= 15 is 0 Å². The van der Waals surface area contributed by atoms with Gasteiger partial charge in [-0.2, -0.15) is 0 Å². The molecule has 0 amide bonds. The van der Waals surface area contributed by atoms with E-state index in [1.807, 2.05) is 0 Å². The second-order valence-corrected chi connectivity index (χ2v) is 17.8. The third kappa shape index (κ3) is 50.2. The van der Waals surface area contributed by atoms with Gasteiger partial charge in [-0.3, -0.25) is 9.59 Å². The van der Waals surface area contributed by atoms with Crippen LogP contribution in [0.3, 0.4) is 0 Å². The maximum absolute atomic E-state index is 12.8. The van der Waals surface area contributed by atoms with Crippen molar-refractivity contribution in [3.8, 4) is 0 Å². The van der Waals surface area contributed by atoms with E-state index in [9.17, 15) is 9.59 Å². The standard InChI is InChI=1S/C57H102O5/c1-4-7-10-13-16-19-22-25-28-31-34-37-40-43-46-49-52-60-53-55(62-57(59)51-48-45-42-39-36-33-30-27-24-21-18-15-12-9-6-3)54-61-56(58)50-47-44-41-38-35-32-29-26-23-20-17-14-11-8-5-2/h9,12,18,20-21,23,27,30,36,39,55H,4-8,10-11,13-17,19,22,24-26,28-29,31-35,37-38,40-54H2,1-3H3/b12-9-,21-18-,23-20-,30-27-,39-36-/t55-/m1/s1. The molecule has 0 aromatic carbocycles. The molecular formula is C57H102O5. The lowest BCUT2D eigenvalue weighted by Crippen LogP contribution is -2.30. The van der Waals surface area contributed by atoms with Crippen molar-refractivity contribution in [3.05, 3.63) is 60.8 Å². The van der Waals surface area contributed by atoms with E-state index in [1.54, 1.807) is 0 Å². The largest absolute Gasteiger partial charge is 0.462 e. The van der Waals surface area contributed by atoms with Crippen LogP contribution in [-0.4, -0.2) is 37.9 Å². The Hall–Kier alpha value is -2.40. The SMILES string of the molecule is CC/C=C\C/C=C\C/C=C\C/C=C\CCCCC(=O)O[C@H](COCCCCCCCCCCCCCCCCCC)COC(=O)CCCCCCCCC/C=C\CCCCCC. The van der Waals surface area contributed by atoms with Crippen molar-refractivity contribution < 1.29 is 23.8 Å². The maximum Gasteiger partial charge on any atom is 0.306 e. The van der Waals surface area contributed by atoms with Gasteiger partial charge in [0.05, 0.1) is 6.61 Å². The Kier molecular flexibility index (Phi) is 50.9. The first-order chi connectivity index (χ1) is 30.6. The lowest BCUT2D eigenvalue weighted by Gasteiger charge is -2.18. The molecule has 0 heterocycles. The van der Waals surface area contributed by atoms with Gasteiger partial charge in [0.1, 0.15) is 6.61 Å². The Bertz CT molecular complexity index is 1070. The van der Waals surface area contributed by atoms with Gasteiger partial charge in [0, 0.05) is 19.4 Å². The minimum Gasteiger partial charge on any atom is -0.462 e. The molecule has 0 unspecified atom stereocenters. The molecule has 5 heteroatoms. The van der Waals surface area contributed by atoms with Gasteiger partial charge in [-0.15, -0.1) is 0 Å². The quantitative estimate of drug-likeness (QED) is 0.0346. The summed E-state index contributed by atoms with van der Waals surface area (Å²) in [5.74, 6) is -0.441. The highest BCUT2D eigenvalue weighted by molar-refractivity contribution is 5.70. The summed E-state index contributed by atoms with van der Waals surface area (Å²) in [6.07, 6.45) is 66.6. The molecule has 0 aromatic rings. The number of carbonyl (C=O) groups is 2. The zero-order valence-corrected chi connectivity index (χ0v) is 41.4. The molecule has 62 heavy (non-hydrogen) atoms. The molecule has 0 radical (unpaired) electrons. The highest BCUT2D eigenvalue weighted by Crippen LogP contribution is 2.15. The van der Waals surface area contributed by atoms with Crippen LogP contribution in [0.25, 0.3) is 0 Å². The average Bonchev–Trinajstić information content (AvgIpc) is 3.27. The lowest BCUT2D eigenvalue weighted by molar-refractivity contribution is -0.163. The molecular weight excluding hydrogens is 765 g/mol. The van der Waals surface area contributed by atoms with E-state index in [4.69, 9.17) is 14.2 Å². The van der Waals surface area contributed by atoms with Gasteiger partial charge in [0.15, 0.2) is 6.10 Å². The molecule has 0 aromatic heterocycles. The Morgan fingerprint density at radius 1 is 0.371 bits per heavy atom. The summed E-state index contributed by atoms with van der Waals surface area (Å²) in [6.45, 7) is 7.69. The van der Waals surface area contributed by atoms with Gasteiger partial charge in [-0.25, -0.2) is 0 Å². The van der Waals surface area contributed by atoms with Crippen molar-refractivity contribution in [2.75, 3.05) is 19.8 Å². The molecule has 0 aliphatic carbocycles. The summed E-state index contributed by atoms with van der Waals surface area (Å²) < 4.78 is 17.4. The highest BCUT2D eigenvalue weighted by Gasteiger charge is 2.17. The van der Waals surface area contributed by atoms with Crippen molar-refractivity contribution in [1.82, 2.24) is 0 Å². The van der Waals surface area contributed by atoms with Crippen molar-refractivity contribution in [1.29, 1.82) is 0 Å². The zero-order chi connectivity index (χ0) is 44.9. The number of hydrogen-bond donors (Lipinski definition) is 0. The molecule has 0 rings (SSSR count). The topological polar surface area (TPSA) is 61.8 Å². The summed E-state index contributed by atoms with van der Waals surface area (Å²) in [5, 5.41) is 0. The van der Waals surface area contributed by atoms with E-state index in [0.29, 0.717) is 19.4 Å². The number of rotatable bonds is 49. The van der Waals surface area contributed by atoms with Gasteiger partial charge in [0.2, 0.25) is 0 Å². The molecule has 0 N–H and O–H groups in total. The van der Waals surface area contributed by atoms with E-state index in [-0.39, 0.29) is 25.2 Å². The maximum atomic E-state index is 12.8. The van der Waals surface area contributed by atoms with Crippen molar-refractivity contribution in [3.63, 3.8) is 0 Å². The summed E-state index contributed by atoms with van der Waals surface area (Å²) >= 11 is 0. The minimum atomic E-state index is -0.558. The van der Waals surface area contributed by atoms with E-state index in [0.717, 1.165) is 77.0 Å². The second kappa shape index (κ2) is 52.9. The van der Waals surface area contributed by atoms with Crippen LogP contribution in [0.1, 0.15) is 265 Å². The summed E-state index contributed by atoms with van der Waals surface area (Å²) in [5.41, 5.74) is 0. The summed E-state index contributed by atoms with van der Waals surface area (Å²) in [4.78, 5) is 25.4. The first-order valence-electron chi connectivity index (χ1n) is 26.8. The lowest BCUT2D eigenvalue weighted by atomic mass is 10.0. The number of unbranched alkanes of at least 4 members (excludes halogenated alkanes) is 28. The molecule has 0 aliphatic heterocycles. The smallest absolute Gasteiger partial charge is 0.306 e. The van der Waals surface area contributed by atoms with E-state index in [1.165, 1.54) is 154 Å². The van der Waals surface area contributed by atoms with E-state index in [2.05, 4.69) is 81.5 Å². The van der Waals surface area contributed by atoms with E-state index < -0.39 is 6.10 Å². The van der Waals surface area contributed by atoms with Crippen LogP contribution in [0.2, 0.25) is 0 Å². The Morgan fingerprint density at radius 2 is 0.726 bits per heavy atom. The normalized spacial score (nSPS) is 12.6. The number of esters is 2. The van der Waals surface area contributed by atoms with Gasteiger partial charge in [-0.05, 0) is 83.5 Å². The Morgan fingerprint density at radius 3 is 1.23 bits per heavy atom. The summed E-state index contributed by atoms with van der Waals surface area (Å²) in [6, 6.07) is 0. The first kappa shape index (κ1) is 59.6. The molecule has 1 atom stereocenters. The Labute approximate surface area is 385 Å². The fourth-order valence-electron chi connectivity index (χ4n) is 7.56. The first-order valence-corrected chi connectivity index (χ1v) is 26.8. The molecule has 360 valence electrons. The third-order valence-electron chi connectivity index (χ3n) is 11.5. The van der Waals surface area contributed by atoms with Crippen molar-refractivity contribution in [2.45, 2.75) is 271 Å². The van der Waals surface area contributed by atoms with Crippen molar-refractivity contribution >= 4 is 11.9 Å². The molecule has 0 spiro atoms. The number of carbonyl (C=O) groups excluding carboxylic acids is 2. The fraction of sp³-hybridized carbons (Fsp3) is 0.789. The molecule has 0 fully saturated rings. The predicted octanol–water partition coefficient (Wildman–Crippen LogP) is 18.1. The molecule has 5 nitrogen and oxygen atoms in total. The highest BCUT2D eigenvalue weighted by atomic mass is 16.6. The Balaban J connectivity index is 4.32. The number of allylic oxidation sites excluding steroid dienone is 10. The fourth-order valence-corrected chi connectivity index (χ4v) is 7.56. The number of hydrogen-bond acceptors (Lipinski definition) is 5. The molecule has 0 saturated carbocycles.